The van der Waals surface area contributed by atoms with Gasteiger partial charge in [-0.25, -0.2) is 0 Å². The van der Waals surface area contributed by atoms with E-state index in [9.17, 15) is 5.11 Å². The van der Waals surface area contributed by atoms with Crippen molar-refractivity contribution >= 4 is 0 Å². The minimum absolute atomic E-state index is 0.216. The Labute approximate surface area is 110 Å². The molecule has 0 spiro atoms. The van der Waals surface area contributed by atoms with Gasteiger partial charge in [-0.2, -0.15) is 0 Å². The van der Waals surface area contributed by atoms with Gasteiger partial charge in [0.25, 0.3) is 0 Å². The number of aryl methyl sites for hydroxylation is 2. The van der Waals surface area contributed by atoms with E-state index < -0.39 is 0 Å². The van der Waals surface area contributed by atoms with Crippen molar-refractivity contribution in [1.82, 2.24) is 5.32 Å². The van der Waals surface area contributed by atoms with Crippen LogP contribution in [0.4, 0.5) is 0 Å². The van der Waals surface area contributed by atoms with Crippen LogP contribution in [-0.2, 0) is 12.8 Å². The third kappa shape index (κ3) is 3.33. The highest BCUT2D eigenvalue weighted by Gasteiger charge is 2.13. The molecule has 0 aromatic heterocycles. The normalized spacial score (nSPS) is 17.5. The summed E-state index contributed by atoms with van der Waals surface area (Å²) in [7, 11) is 0. The zero-order chi connectivity index (χ0) is 13.0. The van der Waals surface area contributed by atoms with E-state index in [1.807, 2.05) is 0 Å². The summed E-state index contributed by atoms with van der Waals surface area (Å²) in [6, 6.07) is 7.17. The standard InChI is InChI=1S/C16H25NO/c1-3-5-16(18)11-17-12(2)14-9-8-13-6-4-7-15(13)10-14/h8-10,12,16-18H,3-7,11H2,1-2H3. The Morgan fingerprint density at radius 1 is 1.28 bits per heavy atom. The molecule has 2 N–H and O–H groups in total. The minimum atomic E-state index is -0.216. The molecule has 2 heteroatoms. The van der Waals surface area contributed by atoms with E-state index in [1.54, 1.807) is 0 Å². The highest BCUT2D eigenvalue weighted by Crippen LogP contribution is 2.25. The predicted molar refractivity (Wildman–Crippen MR) is 75.8 cm³/mol. The first-order valence-electron chi connectivity index (χ1n) is 7.24. The van der Waals surface area contributed by atoms with Crippen molar-refractivity contribution in [3.8, 4) is 0 Å². The average molecular weight is 247 g/mol. The van der Waals surface area contributed by atoms with E-state index in [0.717, 1.165) is 12.8 Å². The van der Waals surface area contributed by atoms with Crippen molar-refractivity contribution in [2.45, 2.75) is 58.1 Å². The number of benzene rings is 1. The van der Waals surface area contributed by atoms with E-state index in [2.05, 4.69) is 37.4 Å². The maximum Gasteiger partial charge on any atom is 0.0664 e. The van der Waals surface area contributed by atoms with Gasteiger partial charge in [0.2, 0.25) is 0 Å². The summed E-state index contributed by atoms with van der Waals surface area (Å²) in [6.45, 7) is 4.97. The maximum absolute atomic E-state index is 9.74. The molecule has 1 aliphatic rings. The van der Waals surface area contributed by atoms with Gasteiger partial charge in [0.1, 0.15) is 0 Å². The number of fused-ring (bicyclic) bond motifs is 1. The second-order valence-corrected chi connectivity index (χ2v) is 5.45. The molecular formula is C16H25NO. The number of nitrogens with one attached hydrogen (secondary N) is 1. The first-order chi connectivity index (χ1) is 8.70. The Morgan fingerprint density at radius 2 is 2.06 bits per heavy atom. The molecule has 0 aliphatic heterocycles. The van der Waals surface area contributed by atoms with Gasteiger partial charge in [-0.15, -0.1) is 0 Å². The number of hydrogen-bond acceptors (Lipinski definition) is 2. The van der Waals surface area contributed by atoms with Crippen LogP contribution < -0.4 is 5.32 Å². The summed E-state index contributed by atoms with van der Waals surface area (Å²) in [5.74, 6) is 0. The highest BCUT2D eigenvalue weighted by atomic mass is 16.3. The molecule has 1 aromatic carbocycles. The van der Waals surface area contributed by atoms with Crippen LogP contribution in [0.2, 0.25) is 0 Å². The van der Waals surface area contributed by atoms with Gasteiger partial charge in [-0.05, 0) is 49.3 Å². The Hall–Kier alpha value is -0.860. The Balaban J connectivity index is 1.90. The first kappa shape index (κ1) is 13.6. The molecule has 2 unspecified atom stereocenters. The lowest BCUT2D eigenvalue weighted by Crippen LogP contribution is -2.29. The molecule has 0 radical (unpaired) electrons. The third-order valence-corrected chi connectivity index (χ3v) is 3.90. The topological polar surface area (TPSA) is 32.3 Å². The molecular weight excluding hydrogens is 222 g/mol. The molecule has 0 heterocycles. The highest BCUT2D eigenvalue weighted by molar-refractivity contribution is 5.36. The van der Waals surface area contributed by atoms with Crippen molar-refractivity contribution in [2.75, 3.05) is 6.54 Å². The zero-order valence-electron chi connectivity index (χ0n) is 11.6. The van der Waals surface area contributed by atoms with Crippen LogP contribution >= 0.6 is 0 Å². The fourth-order valence-corrected chi connectivity index (χ4v) is 2.73. The summed E-state index contributed by atoms with van der Waals surface area (Å²) in [5.41, 5.74) is 4.39. The largest absolute Gasteiger partial charge is 0.392 e. The second kappa shape index (κ2) is 6.35. The van der Waals surface area contributed by atoms with Crippen molar-refractivity contribution in [3.05, 3.63) is 34.9 Å². The molecule has 1 aliphatic carbocycles. The molecule has 0 saturated carbocycles. The van der Waals surface area contributed by atoms with Crippen LogP contribution in [0.15, 0.2) is 18.2 Å². The fourth-order valence-electron chi connectivity index (χ4n) is 2.73. The average Bonchev–Trinajstić information content (AvgIpc) is 2.83. The van der Waals surface area contributed by atoms with E-state index in [4.69, 9.17) is 0 Å². The van der Waals surface area contributed by atoms with Crippen molar-refractivity contribution in [2.24, 2.45) is 0 Å². The molecule has 1 aromatic rings. The number of hydrogen-bond donors (Lipinski definition) is 2. The van der Waals surface area contributed by atoms with Crippen molar-refractivity contribution < 1.29 is 5.11 Å². The fraction of sp³-hybridized carbons (Fsp3) is 0.625. The van der Waals surface area contributed by atoms with E-state index in [0.29, 0.717) is 12.6 Å². The summed E-state index contributed by atoms with van der Waals surface area (Å²) in [6.07, 6.45) is 5.48. The smallest absolute Gasteiger partial charge is 0.0664 e. The van der Waals surface area contributed by atoms with Crippen LogP contribution in [0.25, 0.3) is 0 Å². The van der Waals surface area contributed by atoms with Crippen molar-refractivity contribution in [3.63, 3.8) is 0 Å². The van der Waals surface area contributed by atoms with Crippen LogP contribution in [0.1, 0.15) is 55.8 Å². The monoisotopic (exact) mass is 247 g/mol. The number of aliphatic hydroxyl groups excluding tert-OH is 1. The molecule has 100 valence electrons. The molecule has 0 bridgehead atoms. The Morgan fingerprint density at radius 3 is 2.83 bits per heavy atom. The van der Waals surface area contributed by atoms with E-state index in [1.165, 1.54) is 36.0 Å². The summed E-state index contributed by atoms with van der Waals surface area (Å²) < 4.78 is 0. The lowest BCUT2D eigenvalue weighted by Gasteiger charge is -2.18. The lowest BCUT2D eigenvalue weighted by molar-refractivity contribution is 0.157. The SMILES string of the molecule is CCCC(O)CNC(C)c1ccc2c(c1)CCC2. The third-order valence-electron chi connectivity index (χ3n) is 3.90. The number of aliphatic hydroxyl groups is 1. The van der Waals surface area contributed by atoms with Gasteiger partial charge in [0, 0.05) is 12.6 Å². The molecule has 0 amide bonds. The molecule has 2 rings (SSSR count). The summed E-state index contributed by atoms with van der Waals surface area (Å²) >= 11 is 0. The van der Waals surface area contributed by atoms with Gasteiger partial charge >= 0.3 is 0 Å². The summed E-state index contributed by atoms with van der Waals surface area (Å²) in [4.78, 5) is 0. The van der Waals surface area contributed by atoms with Crippen LogP contribution in [-0.4, -0.2) is 17.8 Å². The maximum atomic E-state index is 9.74. The zero-order valence-corrected chi connectivity index (χ0v) is 11.6. The molecule has 2 atom stereocenters. The lowest BCUT2D eigenvalue weighted by atomic mass is 10.0. The van der Waals surface area contributed by atoms with Gasteiger partial charge in [-0.1, -0.05) is 31.5 Å². The van der Waals surface area contributed by atoms with Gasteiger partial charge < -0.3 is 10.4 Å². The van der Waals surface area contributed by atoms with Gasteiger partial charge in [0.05, 0.1) is 6.10 Å². The van der Waals surface area contributed by atoms with Crippen molar-refractivity contribution in [1.29, 1.82) is 0 Å². The minimum Gasteiger partial charge on any atom is -0.392 e. The Bertz CT molecular complexity index is 389. The Kier molecular flexibility index (Phi) is 4.79. The first-order valence-corrected chi connectivity index (χ1v) is 7.24. The van der Waals surface area contributed by atoms with Gasteiger partial charge in [-0.3, -0.25) is 0 Å². The quantitative estimate of drug-likeness (QED) is 0.810. The molecule has 0 fully saturated rings. The number of rotatable bonds is 6. The van der Waals surface area contributed by atoms with E-state index in [-0.39, 0.29) is 6.10 Å². The molecule has 18 heavy (non-hydrogen) atoms. The van der Waals surface area contributed by atoms with Crippen LogP contribution in [0, 0.1) is 0 Å². The van der Waals surface area contributed by atoms with Crippen LogP contribution in [0.3, 0.4) is 0 Å². The van der Waals surface area contributed by atoms with Gasteiger partial charge in [0.15, 0.2) is 0 Å². The summed E-state index contributed by atoms with van der Waals surface area (Å²) in [5, 5.41) is 13.2. The second-order valence-electron chi connectivity index (χ2n) is 5.45. The van der Waals surface area contributed by atoms with E-state index >= 15 is 0 Å². The predicted octanol–water partition coefficient (Wildman–Crippen LogP) is 2.99. The van der Waals surface area contributed by atoms with Crippen LogP contribution in [0.5, 0.6) is 0 Å². The molecule has 0 saturated heterocycles. The molecule has 2 nitrogen and oxygen atoms in total.